The van der Waals surface area contributed by atoms with Crippen molar-refractivity contribution in [1.29, 1.82) is 0 Å². The van der Waals surface area contributed by atoms with Gasteiger partial charge in [-0.1, -0.05) is 44.0 Å². The summed E-state index contributed by atoms with van der Waals surface area (Å²) in [4.78, 5) is 3.96. The van der Waals surface area contributed by atoms with Crippen molar-refractivity contribution >= 4 is 31.5 Å². The van der Waals surface area contributed by atoms with Crippen LogP contribution >= 0.6 is 23.2 Å². The highest BCUT2D eigenvalue weighted by Crippen LogP contribution is 2.38. The van der Waals surface area contributed by atoms with Gasteiger partial charge in [0.1, 0.15) is 5.15 Å². The first-order chi connectivity index (χ1) is 9.44. The average molecular weight is 350 g/mol. The fourth-order valence-electron chi connectivity index (χ4n) is 1.84. The van der Waals surface area contributed by atoms with Gasteiger partial charge in [0.05, 0.1) is 11.1 Å². The number of hydrogen-bond acceptors (Lipinski definition) is 3. The molecule has 1 rings (SSSR count). The van der Waals surface area contributed by atoms with Crippen LogP contribution in [0.3, 0.4) is 0 Å². The molecular weight excluding hydrogens is 325 g/mol. The van der Waals surface area contributed by atoms with Crippen molar-refractivity contribution in [2.75, 3.05) is 0 Å². The molecule has 0 saturated carbocycles. The highest BCUT2D eigenvalue weighted by Gasteiger charge is 2.38. The molecule has 21 heavy (non-hydrogen) atoms. The van der Waals surface area contributed by atoms with Crippen molar-refractivity contribution in [2.24, 2.45) is 0 Å². The maximum atomic E-state index is 10.3. The molecule has 0 spiro atoms. The third kappa shape index (κ3) is 5.22. The fourth-order valence-corrected chi connectivity index (χ4v) is 3.69. The molecule has 1 aromatic rings. The van der Waals surface area contributed by atoms with Crippen LogP contribution in [0.25, 0.3) is 0 Å². The highest BCUT2D eigenvalue weighted by molar-refractivity contribution is 6.74. The van der Waals surface area contributed by atoms with E-state index < -0.39 is 14.4 Å². The number of aliphatic hydroxyl groups is 1. The number of nitrogens with zero attached hydrogens (tertiary/aromatic N) is 1. The monoisotopic (exact) mass is 349 g/mol. The lowest BCUT2D eigenvalue weighted by molar-refractivity contribution is 0.0956. The molecule has 0 aliphatic carbocycles. The molecule has 0 aliphatic heterocycles. The van der Waals surface area contributed by atoms with Gasteiger partial charge in [-0.2, -0.15) is 0 Å². The molecule has 3 nitrogen and oxygen atoms in total. The summed E-state index contributed by atoms with van der Waals surface area (Å²) in [6.45, 7) is 13.0. The summed E-state index contributed by atoms with van der Waals surface area (Å²) in [6, 6.07) is 1.65. The van der Waals surface area contributed by atoms with Gasteiger partial charge in [-0.15, -0.1) is 0 Å². The van der Waals surface area contributed by atoms with Gasteiger partial charge in [-0.3, -0.25) is 0 Å². The Morgan fingerprint density at radius 1 is 1.33 bits per heavy atom. The van der Waals surface area contributed by atoms with E-state index in [9.17, 15) is 5.11 Å². The van der Waals surface area contributed by atoms with E-state index in [2.05, 4.69) is 38.8 Å². The Labute approximate surface area is 138 Å². The Balaban J connectivity index is 2.75. The van der Waals surface area contributed by atoms with Crippen LogP contribution in [-0.2, 0) is 4.43 Å². The summed E-state index contributed by atoms with van der Waals surface area (Å²) < 4.78 is 6.25. The number of aliphatic hydroxyl groups excluding tert-OH is 1. The van der Waals surface area contributed by atoms with Crippen molar-refractivity contribution < 1.29 is 9.53 Å². The summed E-state index contributed by atoms with van der Waals surface area (Å²) >= 11 is 11.9. The number of rotatable bonds is 5. The zero-order chi connectivity index (χ0) is 16.4. The van der Waals surface area contributed by atoms with E-state index in [0.717, 1.165) is 0 Å². The largest absolute Gasteiger partial charge is 0.414 e. The van der Waals surface area contributed by atoms with E-state index in [0.29, 0.717) is 17.0 Å². The maximum Gasteiger partial charge on any atom is 0.192 e. The normalized spacial score (nSPS) is 15.9. The second kappa shape index (κ2) is 6.96. The van der Waals surface area contributed by atoms with Gasteiger partial charge in [-0.05, 0) is 31.1 Å². The lowest BCUT2D eigenvalue weighted by atomic mass is 10.1. The Hall–Kier alpha value is -0.133. The zero-order valence-electron chi connectivity index (χ0n) is 13.6. The predicted octanol–water partition coefficient (Wildman–Crippen LogP) is 5.22. The van der Waals surface area contributed by atoms with E-state index in [1.807, 2.05) is 6.92 Å². The molecule has 0 aromatic carbocycles. The van der Waals surface area contributed by atoms with Crippen molar-refractivity contribution in [3.8, 4) is 0 Å². The van der Waals surface area contributed by atoms with E-state index in [-0.39, 0.29) is 16.3 Å². The standard InChI is InChI=1S/C15H25Cl2NO2Si/c1-10(20-21(5,6)15(2,3)4)7-13(19)12-8-11(16)9-18-14(12)17/h8-10,13,19H,7H2,1-6H3. The Kier molecular flexibility index (Phi) is 6.27. The van der Waals surface area contributed by atoms with E-state index in [1.165, 1.54) is 6.20 Å². The second-order valence-electron chi connectivity index (χ2n) is 6.97. The molecule has 0 aliphatic rings. The quantitative estimate of drug-likeness (QED) is 0.585. The van der Waals surface area contributed by atoms with Crippen LogP contribution in [0.2, 0.25) is 28.3 Å². The second-order valence-corrected chi connectivity index (χ2v) is 12.5. The third-order valence-electron chi connectivity index (χ3n) is 4.05. The first-order valence-corrected chi connectivity index (χ1v) is 10.8. The van der Waals surface area contributed by atoms with Gasteiger partial charge in [0.15, 0.2) is 8.32 Å². The van der Waals surface area contributed by atoms with Crippen molar-refractivity contribution in [2.45, 2.75) is 64.5 Å². The summed E-state index contributed by atoms with van der Waals surface area (Å²) in [7, 11) is -1.85. The van der Waals surface area contributed by atoms with E-state index in [4.69, 9.17) is 27.6 Å². The van der Waals surface area contributed by atoms with Crippen molar-refractivity contribution in [3.63, 3.8) is 0 Å². The van der Waals surface area contributed by atoms with Crippen LogP contribution in [0.5, 0.6) is 0 Å². The molecule has 2 atom stereocenters. The molecule has 6 heteroatoms. The molecular formula is C15H25Cl2NO2Si. The predicted molar refractivity (Wildman–Crippen MR) is 91.6 cm³/mol. The third-order valence-corrected chi connectivity index (χ3v) is 9.18. The Bertz CT molecular complexity index is 489. The van der Waals surface area contributed by atoms with Gasteiger partial charge < -0.3 is 9.53 Å². The van der Waals surface area contributed by atoms with E-state index >= 15 is 0 Å². The average Bonchev–Trinajstić information content (AvgIpc) is 2.29. The molecule has 0 bridgehead atoms. The van der Waals surface area contributed by atoms with E-state index in [1.54, 1.807) is 6.07 Å². The summed E-state index contributed by atoms with van der Waals surface area (Å²) in [5, 5.41) is 11.2. The van der Waals surface area contributed by atoms with Gasteiger partial charge in [0.2, 0.25) is 0 Å². The van der Waals surface area contributed by atoms with Gasteiger partial charge >= 0.3 is 0 Å². The van der Waals surface area contributed by atoms with Gasteiger partial charge in [0.25, 0.3) is 0 Å². The fraction of sp³-hybridized carbons (Fsp3) is 0.667. The lowest BCUT2D eigenvalue weighted by Gasteiger charge is -2.38. The number of pyridine rings is 1. The molecule has 2 unspecified atom stereocenters. The Morgan fingerprint density at radius 3 is 2.43 bits per heavy atom. The minimum absolute atomic E-state index is 0.0593. The molecule has 120 valence electrons. The molecule has 0 fully saturated rings. The molecule has 0 amide bonds. The van der Waals surface area contributed by atoms with Crippen molar-refractivity contribution in [1.82, 2.24) is 4.98 Å². The SMILES string of the molecule is CC(CC(O)c1cc(Cl)cnc1Cl)O[Si](C)(C)C(C)(C)C. The first kappa shape index (κ1) is 18.9. The summed E-state index contributed by atoms with van der Waals surface area (Å²) in [5.74, 6) is 0. The molecule has 1 heterocycles. The van der Waals surface area contributed by atoms with Crippen LogP contribution in [0.15, 0.2) is 12.3 Å². The van der Waals surface area contributed by atoms with Crippen LogP contribution in [0.4, 0.5) is 0 Å². The van der Waals surface area contributed by atoms with Crippen LogP contribution in [0.1, 0.15) is 45.8 Å². The minimum Gasteiger partial charge on any atom is -0.414 e. The van der Waals surface area contributed by atoms with Crippen LogP contribution in [-0.4, -0.2) is 24.5 Å². The van der Waals surface area contributed by atoms with Crippen LogP contribution < -0.4 is 0 Å². The number of aromatic nitrogens is 1. The smallest absolute Gasteiger partial charge is 0.192 e. The molecule has 0 radical (unpaired) electrons. The molecule has 1 N–H and O–H groups in total. The highest BCUT2D eigenvalue weighted by atomic mass is 35.5. The summed E-state index contributed by atoms with van der Waals surface area (Å²) in [6.07, 6.45) is 1.14. The minimum atomic E-state index is -1.85. The van der Waals surface area contributed by atoms with Crippen molar-refractivity contribution in [3.05, 3.63) is 28.0 Å². The number of hydrogen-bond donors (Lipinski definition) is 1. The maximum absolute atomic E-state index is 10.3. The summed E-state index contributed by atoms with van der Waals surface area (Å²) in [5.41, 5.74) is 0.551. The van der Waals surface area contributed by atoms with Gasteiger partial charge in [-0.25, -0.2) is 4.98 Å². The molecule has 1 aromatic heterocycles. The Morgan fingerprint density at radius 2 is 1.90 bits per heavy atom. The zero-order valence-corrected chi connectivity index (χ0v) is 16.1. The van der Waals surface area contributed by atoms with Crippen LogP contribution in [0, 0.1) is 0 Å². The lowest BCUT2D eigenvalue weighted by Crippen LogP contribution is -2.43. The topological polar surface area (TPSA) is 42.4 Å². The molecule has 0 saturated heterocycles. The number of halogens is 2. The first-order valence-electron chi connectivity index (χ1n) is 7.11. The van der Waals surface area contributed by atoms with Gasteiger partial charge in [0, 0.05) is 24.3 Å².